The maximum absolute atomic E-state index is 11.9. The van der Waals surface area contributed by atoms with Gasteiger partial charge in [0, 0.05) is 30.6 Å². The van der Waals surface area contributed by atoms with Crippen molar-refractivity contribution in [1.82, 2.24) is 4.57 Å². The standard InChI is InChI=1S/C14H16N2O2/c1-9-7-10(2)14-11(8-9)16(5-3-12(14)17)6-4-13(15)18/h3,5,7-8H,4,6H2,1-2H3,(H2,15,18). The Morgan fingerprint density at radius 2 is 2.06 bits per heavy atom. The molecule has 0 fully saturated rings. The molecule has 0 saturated heterocycles. The first-order chi connectivity index (χ1) is 8.49. The average Bonchev–Trinajstić information content (AvgIpc) is 2.26. The predicted octanol–water partition coefficient (Wildman–Crippen LogP) is 1.49. The van der Waals surface area contributed by atoms with Crippen molar-refractivity contribution in [3.05, 3.63) is 45.7 Å². The highest BCUT2D eigenvalue weighted by atomic mass is 16.1. The molecular formula is C14H16N2O2. The van der Waals surface area contributed by atoms with Crippen LogP contribution in [0.25, 0.3) is 10.9 Å². The Kier molecular flexibility index (Phi) is 3.19. The van der Waals surface area contributed by atoms with E-state index in [0.29, 0.717) is 11.9 Å². The highest BCUT2D eigenvalue weighted by molar-refractivity contribution is 5.83. The van der Waals surface area contributed by atoms with Gasteiger partial charge in [-0.1, -0.05) is 6.07 Å². The number of carbonyl (C=O) groups is 1. The number of pyridine rings is 1. The fourth-order valence-corrected chi connectivity index (χ4v) is 2.24. The summed E-state index contributed by atoms with van der Waals surface area (Å²) in [4.78, 5) is 22.8. The largest absolute Gasteiger partial charge is 0.370 e. The number of amides is 1. The number of carbonyl (C=O) groups excluding carboxylic acids is 1. The number of aryl methyl sites for hydroxylation is 3. The molecule has 0 aliphatic heterocycles. The Labute approximate surface area is 105 Å². The van der Waals surface area contributed by atoms with Crippen molar-refractivity contribution in [2.45, 2.75) is 26.8 Å². The molecule has 0 saturated carbocycles. The van der Waals surface area contributed by atoms with Gasteiger partial charge in [0.15, 0.2) is 5.43 Å². The Hall–Kier alpha value is -2.10. The smallest absolute Gasteiger partial charge is 0.219 e. The molecule has 0 unspecified atom stereocenters. The first-order valence-corrected chi connectivity index (χ1v) is 5.88. The summed E-state index contributed by atoms with van der Waals surface area (Å²) in [5.74, 6) is -0.341. The number of nitrogens with zero attached hydrogens (tertiary/aromatic N) is 1. The van der Waals surface area contributed by atoms with E-state index in [9.17, 15) is 9.59 Å². The molecule has 1 heterocycles. The number of benzene rings is 1. The molecule has 2 rings (SSSR count). The van der Waals surface area contributed by atoms with E-state index in [4.69, 9.17) is 5.73 Å². The molecule has 1 amide bonds. The minimum atomic E-state index is -0.341. The van der Waals surface area contributed by atoms with Gasteiger partial charge in [-0.15, -0.1) is 0 Å². The number of hydrogen-bond donors (Lipinski definition) is 1. The van der Waals surface area contributed by atoms with E-state index < -0.39 is 0 Å². The van der Waals surface area contributed by atoms with E-state index in [-0.39, 0.29) is 17.8 Å². The summed E-state index contributed by atoms with van der Waals surface area (Å²) >= 11 is 0. The molecule has 2 aromatic rings. The van der Waals surface area contributed by atoms with Gasteiger partial charge >= 0.3 is 0 Å². The zero-order valence-electron chi connectivity index (χ0n) is 10.6. The maximum atomic E-state index is 11.9. The second-order valence-corrected chi connectivity index (χ2v) is 4.57. The molecule has 0 aliphatic carbocycles. The first kappa shape index (κ1) is 12.4. The predicted molar refractivity (Wildman–Crippen MR) is 71.5 cm³/mol. The van der Waals surface area contributed by atoms with Crippen molar-refractivity contribution in [1.29, 1.82) is 0 Å². The van der Waals surface area contributed by atoms with Gasteiger partial charge in [0.25, 0.3) is 0 Å². The lowest BCUT2D eigenvalue weighted by Gasteiger charge is -2.12. The Morgan fingerprint density at radius 1 is 1.33 bits per heavy atom. The third kappa shape index (κ3) is 2.27. The summed E-state index contributed by atoms with van der Waals surface area (Å²) < 4.78 is 1.90. The number of fused-ring (bicyclic) bond motifs is 1. The molecule has 0 radical (unpaired) electrons. The number of aromatic nitrogens is 1. The molecule has 0 bridgehead atoms. The molecular weight excluding hydrogens is 228 g/mol. The van der Waals surface area contributed by atoms with E-state index in [0.717, 1.165) is 16.6 Å². The molecule has 0 atom stereocenters. The average molecular weight is 244 g/mol. The molecule has 0 aliphatic rings. The maximum Gasteiger partial charge on any atom is 0.219 e. The lowest BCUT2D eigenvalue weighted by Crippen LogP contribution is -2.16. The molecule has 94 valence electrons. The summed E-state index contributed by atoms with van der Waals surface area (Å²) in [7, 11) is 0. The van der Waals surface area contributed by atoms with Gasteiger partial charge in [-0.25, -0.2) is 0 Å². The molecule has 0 spiro atoms. The third-order valence-electron chi connectivity index (χ3n) is 3.02. The van der Waals surface area contributed by atoms with E-state index in [1.807, 2.05) is 30.5 Å². The molecule has 4 heteroatoms. The fraction of sp³-hybridized carbons (Fsp3) is 0.286. The van der Waals surface area contributed by atoms with Gasteiger partial charge in [0.05, 0.1) is 5.52 Å². The minimum Gasteiger partial charge on any atom is -0.370 e. The second-order valence-electron chi connectivity index (χ2n) is 4.57. The van der Waals surface area contributed by atoms with Crippen molar-refractivity contribution >= 4 is 16.8 Å². The summed E-state index contributed by atoms with van der Waals surface area (Å²) in [6, 6.07) is 5.48. The van der Waals surface area contributed by atoms with Crippen molar-refractivity contribution in [2.24, 2.45) is 5.73 Å². The van der Waals surface area contributed by atoms with Crippen LogP contribution in [0.15, 0.2) is 29.2 Å². The summed E-state index contributed by atoms with van der Waals surface area (Å²) in [5, 5.41) is 0.715. The van der Waals surface area contributed by atoms with E-state index in [1.54, 1.807) is 6.20 Å². The van der Waals surface area contributed by atoms with Gasteiger partial charge in [-0.05, 0) is 31.0 Å². The molecule has 1 aromatic carbocycles. The van der Waals surface area contributed by atoms with Gasteiger partial charge < -0.3 is 10.3 Å². The van der Waals surface area contributed by atoms with Crippen LogP contribution >= 0.6 is 0 Å². The molecule has 4 nitrogen and oxygen atoms in total. The van der Waals surface area contributed by atoms with Crippen LogP contribution in [0.5, 0.6) is 0 Å². The van der Waals surface area contributed by atoms with Gasteiger partial charge in [0.2, 0.25) is 5.91 Å². The molecule has 18 heavy (non-hydrogen) atoms. The fourth-order valence-electron chi connectivity index (χ4n) is 2.24. The lowest BCUT2D eigenvalue weighted by molar-refractivity contribution is -0.118. The van der Waals surface area contributed by atoms with Crippen LogP contribution in [0.2, 0.25) is 0 Å². The summed E-state index contributed by atoms with van der Waals surface area (Å²) in [6.07, 6.45) is 1.98. The quantitative estimate of drug-likeness (QED) is 0.889. The zero-order chi connectivity index (χ0) is 13.3. The van der Waals surface area contributed by atoms with Crippen LogP contribution in [-0.2, 0) is 11.3 Å². The highest BCUT2D eigenvalue weighted by Crippen LogP contribution is 2.17. The van der Waals surface area contributed by atoms with Crippen LogP contribution in [0.1, 0.15) is 17.5 Å². The molecule has 1 aromatic heterocycles. The number of primary amides is 1. The summed E-state index contributed by atoms with van der Waals surface area (Å²) in [6.45, 7) is 4.41. The Balaban J connectivity index is 2.65. The van der Waals surface area contributed by atoms with Gasteiger partial charge in [-0.3, -0.25) is 9.59 Å². The molecule has 2 N–H and O–H groups in total. The number of rotatable bonds is 3. The monoisotopic (exact) mass is 244 g/mol. The van der Waals surface area contributed by atoms with E-state index in [2.05, 4.69) is 0 Å². The zero-order valence-corrected chi connectivity index (χ0v) is 10.6. The van der Waals surface area contributed by atoms with Crippen LogP contribution in [0.3, 0.4) is 0 Å². The van der Waals surface area contributed by atoms with Crippen molar-refractivity contribution in [2.75, 3.05) is 0 Å². The van der Waals surface area contributed by atoms with Gasteiger partial charge in [-0.2, -0.15) is 0 Å². The van der Waals surface area contributed by atoms with Crippen LogP contribution in [-0.4, -0.2) is 10.5 Å². The lowest BCUT2D eigenvalue weighted by atomic mass is 10.1. The number of nitrogens with two attached hydrogens (primary N) is 1. The Bertz CT molecular complexity index is 671. The van der Waals surface area contributed by atoms with Crippen molar-refractivity contribution in [3.63, 3.8) is 0 Å². The Morgan fingerprint density at radius 3 is 2.72 bits per heavy atom. The van der Waals surface area contributed by atoms with Crippen LogP contribution < -0.4 is 11.2 Å². The highest BCUT2D eigenvalue weighted by Gasteiger charge is 2.07. The van der Waals surface area contributed by atoms with Crippen molar-refractivity contribution < 1.29 is 4.79 Å². The third-order valence-corrected chi connectivity index (χ3v) is 3.02. The number of hydrogen-bond acceptors (Lipinski definition) is 2. The SMILES string of the molecule is Cc1cc(C)c2c(=O)ccn(CCC(N)=O)c2c1. The normalized spacial score (nSPS) is 10.8. The van der Waals surface area contributed by atoms with Crippen molar-refractivity contribution in [3.8, 4) is 0 Å². The van der Waals surface area contributed by atoms with Crippen LogP contribution in [0, 0.1) is 13.8 Å². The van der Waals surface area contributed by atoms with Gasteiger partial charge in [0.1, 0.15) is 0 Å². The second kappa shape index (κ2) is 4.64. The summed E-state index contributed by atoms with van der Waals surface area (Å²) in [5.41, 5.74) is 8.09. The topological polar surface area (TPSA) is 65.1 Å². The van der Waals surface area contributed by atoms with E-state index in [1.165, 1.54) is 6.07 Å². The van der Waals surface area contributed by atoms with Crippen LogP contribution in [0.4, 0.5) is 0 Å². The minimum absolute atomic E-state index is 0.0119. The van der Waals surface area contributed by atoms with E-state index >= 15 is 0 Å². The first-order valence-electron chi connectivity index (χ1n) is 5.88.